The number of ether oxygens (including phenoxy) is 1. The number of fused-ring (bicyclic) bond motifs is 1. The zero-order valence-electron chi connectivity index (χ0n) is 14.7. The van der Waals surface area contributed by atoms with E-state index in [0.29, 0.717) is 27.9 Å². The molecule has 3 aromatic carbocycles. The van der Waals surface area contributed by atoms with E-state index in [9.17, 15) is 4.79 Å². The molecule has 0 bridgehead atoms. The minimum absolute atomic E-state index is 0.132. The fraction of sp³-hybridized carbons (Fsp3) is 0.143. The molecule has 0 spiro atoms. The summed E-state index contributed by atoms with van der Waals surface area (Å²) in [7, 11) is 0. The van der Waals surface area contributed by atoms with E-state index >= 15 is 0 Å². The third kappa shape index (κ3) is 5.00. The Morgan fingerprint density at radius 3 is 2.56 bits per heavy atom. The lowest BCUT2D eigenvalue weighted by atomic mass is 10.1. The Hall–Kier alpha value is -2.56. The highest BCUT2D eigenvalue weighted by molar-refractivity contribution is 6.37. The molecule has 3 aromatic rings. The Labute approximate surface area is 167 Å². The SMILES string of the molecule is CC/C(=N/NC(=O)COc1ccc2ccccc2c1)c1ccc(Cl)cc1Cl. The summed E-state index contributed by atoms with van der Waals surface area (Å²) in [6.07, 6.45) is 0.604. The number of amides is 1. The van der Waals surface area contributed by atoms with Gasteiger partial charge < -0.3 is 4.74 Å². The smallest absolute Gasteiger partial charge is 0.277 e. The van der Waals surface area contributed by atoms with Crippen LogP contribution in [0.1, 0.15) is 18.9 Å². The zero-order valence-corrected chi connectivity index (χ0v) is 16.2. The largest absolute Gasteiger partial charge is 0.484 e. The summed E-state index contributed by atoms with van der Waals surface area (Å²) < 4.78 is 5.56. The normalized spacial score (nSPS) is 11.4. The van der Waals surface area contributed by atoms with E-state index in [1.54, 1.807) is 18.2 Å². The van der Waals surface area contributed by atoms with Crippen LogP contribution in [-0.4, -0.2) is 18.2 Å². The summed E-state index contributed by atoms with van der Waals surface area (Å²) in [5, 5.41) is 7.39. The van der Waals surface area contributed by atoms with Crippen LogP contribution in [0.5, 0.6) is 5.75 Å². The second-order valence-electron chi connectivity index (χ2n) is 5.87. The van der Waals surface area contributed by atoms with Crippen molar-refractivity contribution in [2.45, 2.75) is 13.3 Å². The van der Waals surface area contributed by atoms with Gasteiger partial charge in [0.05, 0.1) is 10.7 Å². The Bertz CT molecular complexity index is 1000. The van der Waals surface area contributed by atoms with Gasteiger partial charge in [0, 0.05) is 10.6 Å². The van der Waals surface area contributed by atoms with E-state index in [1.165, 1.54) is 0 Å². The molecule has 0 saturated carbocycles. The van der Waals surface area contributed by atoms with Gasteiger partial charge in [-0.15, -0.1) is 0 Å². The van der Waals surface area contributed by atoms with E-state index in [1.807, 2.05) is 49.4 Å². The average Bonchev–Trinajstić information content (AvgIpc) is 2.68. The number of carbonyl (C=O) groups excluding carboxylic acids is 1. The molecule has 0 fully saturated rings. The summed E-state index contributed by atoms with van der Waals surface area (Å²) in [5.41, 5.74) is 3.91. The highest BCUT2D eigenvalue weighted by Gasteiger charge is 2.09. The van der Waals surface area contributed by atoms with Crippen LogP contribution in [0.2, 0.25) is 10.0 Å². The Kier molecular flexibility index (Phi) is 6.32. The third-order valence-electron chi connectivity index (χ3n) is 3.98. The number of hydrogen-bond acceptors (Lipinski definition) is 3. The van der Waals surface area contributed by atoms with Crippen LogP contribution in [0, 0.1) is 0 Å². The molecule has 1 N–H and O–H groups in total. The van der Waals surface area contributed by atoms with Crippen molar-refractivity contribution in [2.24, 2.45) is 5.10 Å². The molecule has 0 aliphatic heterocycles. The summed E-state index contributed by atoms with van der Waals surface area (Å²) >= 11 is 12.1. The Morgan fingerprint density at radius 1 is 1.04 bits per heavy atom. The molecule has 0 radical (unpaired) electrons. The predicted octanol–water partition coefficient (Wildman–Crippen LogP) is 5.46. The monoisotopic (exact) mass is 400 g/mol. The number of benzene rings is 3. The summed E-state index contributed by atoms with van der Waals surface area (Å²) in [6, 6.07) is 18.8. The van der Waals surface area contributed by atoms with Crippen LogP contribution in [0.4, 0.5) is 0 Å². The number of nitrogens with one attached hydrogen (secondary N) is 1. The van der Waals surface area contributed by atoms with Gasteiger partial charge in [-0.2, -0.15) is 5.10 Å². The summed E-state index contributed by atoms with van der Waals surface area (Å²) in [5.74, 6) is 0.281. The van der Waals surface area contributed by atoms with Crippen LogP contribution in [0.15, 0.2) is 65.8 Å². The molecule has 0 aromatic heterocycles. The number of hydrogen-bond donors (Lipinski definition) is 1. The van der Waals surface area contributed by atoms with E-state index < -0.39 is 0 Å². The molecule has 0 unspecified atom stereocenters. The van der Waals surface area contributed by atoms with Crippen LogP contribution < -0.4 is 10.2 Å². The van der Waals surface area contributed by atoms with E-state index in [-0.39, 0.29) is 12.5 Å². The van der Waals surface area contributed by atoms with Gasteiger partial charge in [0.2, 0.25) is 0 Å². The first kappa shape index (κ1) is 19.2. The second-order valence-corrected chi connectivity index (χ2v) is 6.71. The van der Waals surface area contributed by atoms with E-state index in [4.69, 9.17) is 27.9 Å². The second kappa shape index (κ2) is 8.89. The fourth-order valence-corrected chi connectivity index (χ4v) is 3.14. The minimum atomic E-state index is -0.348. The lowest BCUT2D eigenvalue weighted by molar-refractivity contribution is -0.123. The molecule has 27 heavy (non-hydrogen) atoms. The maximum Gasteiger partial charge on any atom is 0.277 e. The maximum absolute atomic E-state index is 12.1. The van der Waals surface area contributed by atoms with Gasteiger partial charge in [0.15, 0.2) is 6.61 Å². The van der Waals surface area contributed by atoms with Gasteiger partial charge in [0.25, 0.3) is 5.91 Å². The molecule has 0 aliphatic carbocycles. The molecule has 0 heterocycles. The van der Waals surface area contributed by atoms with E-state index in [2.05, 4.69) is 10.5 Å². The van der Waals surface area contributed by atoms with Crippen LogP contribution in [0.25, 0.3) is 10.8 Å². The highest BCUT2D eigenvalue weighted by Crippen LogP contribution is 2.23. The lowest BCUT2D eigenvalue weighted by Gasteiger charge is -2.09. The molecule has 6 heteroatoms. The van der Waals surface area contributed by atoms with E-state index in [0.717, 1.165) is 16.3 Å². The van der Waals surface area contributed by atoms with Crippen molar-refractivity contribution in [1.29, 1.82) is 0 Å². The average molecular weight is 401 g/mol. The van der Waals surface area contributed by atoms with Crippen molar-refractivity contribution in [1.82, 2.24) is 5.43 Å². The Morgan fingerprint density at radius 2 is 1.81 bits per heavy atom. The van der Waals surface area contributed by atoms with Gasteiger partial charge in [-0.05, 0) is 41.5 Å². The van der Waals surface area contributed by atoms with Crippen LogP contribution in [-0.2, 0) is 4.79 Å². The van der Waals surface area contributed by atoms with Gasteiger partial charge in [0.1, 0.15) is 5.75 Å². The topological polar surface area (TPSA) is 50.7 Å². The molecular formula is C21H18Cl2N2O2. The molecular weight excluding hydrogens is 383 g/mol. The maximum atomic E-state index is 12.1. The van der Waals surface area contributed by atoms with Crippen molar-refractivity contribution < 1.29 is 9.53 Å². The number of nitrogens with zero attached hydrogens (tertiary/aromatic N) is 1. The first-order valence-electron chi connectivity index (χ1n) is 8.49. The molecule has 1 amide bonds. The standard InChI is InChI=1S/C21H18Cl2N2O2/c1-2-20(18-10-8-16(22)12-19(18)23)24-25-21(26)13-27-17-9-7-14-5-3-4-6-15(14)11-17/h3-12H,2,13H2,1H3,(H,25,26)/b24-20-. The Balaban J connectivity index is 1.62. The van der Waals surface area contributed by atoms with Crippen LogP contribution >= 0.6 is 23.2 Å². The molecule has 0 atom stereocenters. The van der Waals surface area contributed by atoms with Gasteiger partial charge in [-0.1, -0.05) is 66.5 Å². The fourth-order valence-electron chi connectivity index (χ4n) is 2.62. The molecule has 3 rings (SSSR count). The van der Waals surface area contributed by atoms with Crippen molar-refractivity contribution in [3.05, 3.63) is 76.3 Å². The first-order chi connectivity index (χ1) is 13.1. The van der Waals surface area contributed by atoms with Gasteiger partial charge in [-0.3, -0.25) is 4.79 Å². The quantitative estimate of drug-likeness (QED) is 0.441. The van der Waals surface area contributed by atoms with Crippen LogP contribution in [0.3, 0.4) is 0 Å². The van der Waals surface area contributed by atoms with Crippen molar-refractivity contribution in [2.75, 3.05) is 6.61 Å². The third-order valence-corrected chi connectivity index (χ3v) is 4.53. The van der Waals surface area contributed by atoms with Crippen molar-refractivity contribution >= 4 is 45.6 Å². The summed E-state index contributed by atoms with van der Waals surface area (Å²) in [6.45, 7) is 1.80. The molecule has 0 aliphatic rings. The van der Waals surface area contributed by atoms with Crippen molar-refractivity contribution in [3.8, 4) is 5.75 Å². The van der Waals surface area contributed by atoms with Gasteiger partial charge >= 0.3 is 0 Å². The molecule has 4 nitrogen and oxygen atoms in total. The predicted molar refractivity (Wildman–Crippen MR) is 111 cm³/mol. The van der Waals surface area contributed by atoms with Gasteiger partial charge in [-0.25, -0.2) is 5.43 Å². The highest BCUT2D eigenvalue weighted by atomic mass is 35.5. The zero-order chi connectivity index (χ0) is 19.2. The first-order valence-corrected chi connectivity index (χ1v) is 9.25. The number of halogens is 2. The lowest BCUT2D eigenvalue weighted by Crippen LogP contribution is -2.26. The number of rotatable bonds is 6. The summed E-state index contributed by atoms with van der Waals surface area (Å²) in [4.78, 5) is 12.1. The molecule has 138 valence electrons. The number of hydrazone groups is 1. The van der Waals surface area contributed by atoms with Crippen molar-refractivity contribution in [3.63, 3.8) is 0 Å². The molecule has 0 saturated heterocycles. The number of carbonyl (C=O) groups is 1. The minimum Gasteiger partial charge on any atom is -0.484 e.